The van der Waals surface area contributed by atoms with E-state index < -0.39 is 22.8 Å². The molecule has 1 unspecified atom stereocenters. The van der Waals surface area contributed by atoms with E-state index in [2.05, 4.69) is 10.9 Å². The Balaban J connectivity index is 1.96. The van der Waals surface area contributed by atoms with Gasteiger partial charge < -0.3 is 4.74 Å². The van der Waals surface area contributed by atoms with Crippen molar-refractivity contribution >= 4 is 40.1 Å². The highest BCUT2D eigenvalue weighted by Gasteiger charge is 2.21. The van der Waals surface area contributed by atoms with Gasteiger partial charge in [0.2, 0.25) is 0 Å². The molecule has 1 atom stereocenters. The maximum absolute atomic E-state index is 12.0. The van der Waals surface area contributed by atoms with Crippen LogP contribution in [0.2, 0.25) is 0 Å². The van der Waals surface area contributed by atoms with Crippen molar-refractivity contribution < 1.29 is 19.2 Å². The van der Waals surface area contributed by atoms with Gasteiger partial charge in [0.05, 0.1) is 10.5 Å². The number of hydrogen-bond acceptors (Lipinski definition) is 5. The third-order valence-electron chi connectivity index (χ3n) is 3.15. The van der Waals surface area contributed by atoms with Crippen molar-refractivity contribution in [2.75, 3.05) is 0 Å². The Morgan fingerprint density at radius 3 is 2.44 bits per heavy atom. The highest BCUT2D eigenvalue weighted by atomic mass is 127. The molecule has 2 aromatic rings. The number of hydrazine groups is 1. The first-order chi connectivity index (χ1) is 11.9. The monoisotopic (exact) mass is 455 g/mol. The average molecular weight is 455 g/mol. The van der Waals surface area contributed by atoms with E-state index in [9.17, 15) is 19.7 Å². The molecule has 0 spiro atoms. The van der Waals surface area contributed by atoms with Crippen molar-refractivity contribution in [3.63, 3.8) is 0 Å². The highest BCUT2D eigenvalue weighted by molar-refractivity contribution is 14.1. The zero-order chi connectivity index (χ0) is 18.4. The van der Waals surface area contributed by atoms with Gasteiger partial charge in [0.1, 0.15) is 0 Å². The van der Waals surface area contributed by atoms with Gasteiger partial charge >= 0.3 is 5.69 Å². The molecule has 0 saturated heterocycles. The van der Waals surface area contributed by atoms with Crippen molar-refractivity contribution in [3.8, 4) is 5.75 Å². The normalized spacial score (nSPS) is 11.3. The van der Waals surface area contributed by atoms with Gasteiger partial charge in [0.25, 0.3) is 11.8 Å². The van der Waals surface area contributed by atoms with Crippen LogP contribution in [0.1, 0.15) is 17.3 Å². The lowest BCUT2D eigenvalue weighted by Gasteiger charge is -2.15. The SMILES string of the molecule is CC(Oc1ccccc1[N+](=O)[O-])C(=O)NNC(=O)c1ccccc1I. The molecule has 0 aliphatic rings. The number of hydrogen-bond donors (Lipinski definition) is 2. The zero-order valence-corrected chi connectivity index (χ0v) is 15.2. The van der Waals surface area contributed by atoms with Crippen molar-refractivity contribution in [3.05, 3.63) is 67.8 Å². The van der Waals surface area contributed by atoms with E-state index in [0.29, 0.717) is 5.56 Å². The molecular weight excluding hydrogens is 441 g/mol. The van der Waals surface area contributed by atoms with Crippen LogP contribution in [0.5, 0.6) is 5.75 Å². The third-order valence-corrected chi connectivity index (χ3v) is 4.09. The van der Waals surface area contributed by atoms with Gasteiger partial charge in [-0.25, -0.2) is 0 Å². The standard InChI is InChI=1S/C16H14IN3O5/c1-10(25-14-9-5-4-8-13(14)20(23)24)15(21)18-19-16(22)11-6-2-3-7-12(11)17/h2-10H,1H3,(H,18,21)(H,19,22). The van der Waals surface area contributed by atoms with E-state index in [4.69, 9.17) is 4.74 Å². The molecule has 2 N–H and O–H groups in total. The Morgan fingerprint density at radius 1 is 1.12 bits per heavy atom. The van der Waals surface area contributed by atoms with Crippen LogP contribution in [0.3, 0.4) is 0 Å². The summed E-state index contributed by atoms with van der Waals surface area (Å²) < 4.78 is 6.06. The van der Waals surface area contributed by atoms with Gasteiger partial charge in [-0.3, -0.25) is 30.6 Å². The second-order valence-corrected chi connectivity index (χ2v) is 6.07. The maximum Gasteiger partial charge on any atom is 0.310 e. The van der Waals surface area contributed by atoms with E-state index in [1.165, 1.54) is 25.1 Å². The fraction of sp³-hybridized carbons (Fsp3) is 0.125. The van der Waals surface area contributed by atoms with Crippen LogP contribution in [0.25, 0.3) is 0 Å². The summed E-state index contributed by atoms with van der Waals surface area (Å²) in [6.45, 7) is 1.42. The molecule has 0 fully saturated rings. The van der Waals surface area contributed by atoms with Gasteiger partial charge in [-0.15, -0.1) is 0 Å². The molecule has 0 aliphatic heterocycles. The van der Waals surface area contributed by atoms with E-state index in [1.807, 2.05) is 22.6 Å². The number of carbonyl (C=O) groups excluding carboxylic acids is 2. The Bertz CT molecular complexity index is 812. The first kappa shape index (κ1) is 18.6. The summed E-state index contributed by atoms with van der Waals surface area (Å²) >= 11 is 2.01. The van der Waals surface area contributed by atoms with Crippen molar-refractivity contribution in [1.82, 2.24) is 10.9 Å². The number of nitro benzene ring substituents is 1. The van der Waals surface area contributed by atoms with Crippen LogP contribution < -0.4 is 15.6 Å². The predicted octanol–water partition coefficient (Wildman–Crippen LogP) is 2.43. The number of nitrogens with one attached hydrogen (secondary N) is 2. The zero-order valence-electron chi connectivity index (χ0n) is 13.1. The molecule has 2 aromatic carbocycles. The third kappa shape index (κ3) is 4.89. The van der Waals surface area contributed by atoms with E-state index >= 15 is 0 Å². The summed E-state index contributed by atoms with van der Waals surface area (Å²) in [6, 6.07) is 12.6. The van der Waals surface area contributed by atoms with Crippen LogP contribution in [0, 0.1) is 13.7 Å². The number of nitro groups is 1. The number of halogens is 1. The number of para-hydroxylation sites is 2. The quantitative estimate of drug-likeness (QED) is 0.409. The fourth-order valence-electron chi connectivity index (χ4n) is 1.88. The Hall–Kier alpha value is -2.69. The highest BCUT2D eigenvalue weighted by Crippen LogP contribution is 2.26. The van der Waals surface area contributed by atoms with Crippen LogP contribution in [-0.2, 0) is 4.79 Å². The second-order valence-electron chi connectivity index (χ2n) is 4.91. The van der Waals surface area contributed by atoms with Gasteiger partial charge in [0.15, 0.2) is 11.9 Å². The van der Waals surface area contributed by atoms with Gasteiger partial charge in [-0.05, 0) is 47.7 Å². The van der Waals surface area contributed by atoms with E-state index in [1.54, 1.807) is 30.3 Å². The van der Waals surface area contributed by atoms with Crippen LogP contribution >= 0.6 is 22.6 Å². The predicted molar refractivity (Wildman–Crippen MR) is 98.0 cm³/mol. The lowest BCUT2D eigenvalue weighted by atomic mass is 10.2. The molecule has 130 valence electrons. The summed E-state index contributed by atoms with van der Waals surface area (Å²) in [5.74, 6) is -1.15. The molecule has 2 amide bonds. The van der Waals surface area contributed by atoms with Crippen molar-refractivity contribution in [1.29, 1.82) is 0 Å². The maximum atomic E-state index is 12.0. The minimum atomic E-state index is -1.05. The van der Waals surface area contributed by atoms with Gasteiger partial charge in [-0.1, -0.05) is 24.3 Å². The van der Waals surface area contributed by atoms with Crippen LogP contribution in [0.15, 0.2) is 48.5 Å². The molecule has 0 radical (unpaired) electrons. The van der Waals surface area contributed by atoms with E-state index in [-0.39, 0.29) is 11.4 Å². The average Bonchev–Trinajstić information content (AvgIpc) is 2.60. The number of rotatable bonds is 5. The molecule has 2 rings (SSSR count). The molecule has 25 heavy (non-hydrogen) atoms. The van der Waals surface area contributed by atoms with Crippen LogP contribution in [-0.4, -0.2) is 22.8 Å². The molecule has 0 bridgehead atoms. The summed E-state index contributed by atoms with van der Waals surface area (Å²) in [5.41, 5.74) is 4.69. The fourth-order valence-corrected chi connectivity index (χ4v) is 2.52. The first-order valence-corrected chi connectivity index (χ1v) is 8.23. The second kappa shape index (κ2) is 8.42. The number of amides is 2. The largest absolute Gasteiger partial charge is 0.474 e. The molecule has 9 heteroatoms. The van der Waals surface area contributed by atoms with Gasteiger partial charge in [0, 0.05) is 9.64 Å². The summed E-state index contributed by atoms with van der Waals surface area (Å²) in [4.78, 5) is 34.4. The topological polar surface area (TPSA) is 111 Å². The van der Waals surface area contributed by atoms with Crippen molar-refractivity contribution in [2.45, 2.75) is 13.0 Å². The molecular formula is C16H14IN3O5. The van der Waals surface area contributed by atoms with Gasteiger partial charge in [-0.2, -0.15) is 0 Å². The Labute approximate surface area is 156 Å². The summed E-state index contributed by atoms with van der Waals surface area (Å²) in [7, 11) is 0. The summed E-state index contributed by atoms with van der Waals surface area (Å²) in [6.07, 6.45) is -1.05. The number of nitrogens with zero attached hydrogens (tertiary/aromatic N) is 1. The summed E-state index contributed by atoms with van der Waals surface area (Å²) in [5, 5.41) is 10.9. The molecule has 8 nitrogen and oxygen atoms in total. The molecule has 0 heterocycles. The Kier molecular flexibility index (Phi) is 6.28. The van der Waals surface area contributed by atoms with Crippen LogP contribution in [0.4, 0.5) is 5.69 Å². The lowest BCUT2D eigenvalue weighted by molar-refractivity contribution is -0.386. The smallest absolute Gasteiger partial charge is 0.310 e. The van der Waals surface area contributed by atoms with E-state index in [0.717, 1.165) is 3.57 Å². The number of carbonyl (C=O) groups is 2. The molecule has 0 saturated carbocycles. The van der Waals surface area contributed by atoms with Crippen molar-refractivity contribution in [2.24, 2.45) is 0 Å². The molecule has 0 aromatic heterocycles. The minimum Gasteiger partial charge on any atom is -0.474 e. The minimum absolute atomic E-state index is 0.0286. The Morgan fingerprint density at radius 2 is 1.76 bits per heavy atom. The first-order valence-electron chi connectivity index (χ1n) is 7.15. The lowest BCUT2D eigenvalue weighted by Crippen LogP contribution is -2.47. The number of ether oxygens (including phenoxy) is 1. The molecule has 0 aliphatic carbocycles. The number of benzene rings is 2.